The molecule has 2 aliphatic rings. The third-order valence-electron chi connectivity index (χ3n) is 5.04. The van der Waals surface area contributed by atoms with E-state index in [1.807, 2.05) is 0 Å². The quantitative estimate of drug-likeness (QED) is 0.574. The van der Waals surface area contributed by atoms with Crippen LogP contribution in [-0.4, -0.2) is 41.7 Å². The van der Waals surface area contributed by atoms with Crippen LogP contribution in [0.4, 0.5) is 10.1 Å². The monoisotopic (exact) mass is 410 g/mol. The predicted octanol–water partition coefficient (Wildman–Crippen LogP) is 2.53. The van der Waals surface area contributed by atoms with Crippen LogP contribution in [0.2, 0.25) is 5.02 Å². The number of fused-ring (bicyclic) bond motifs is 1. The lowest BCUT2D eigenvalue weighted by molar-refractivity contribution is -0.148. The number of ether oxygens (including phenoxy) is 1. The molecule has 0 spiro atoms. The van der Waals surface area contributed by atoms with Crippen molar-refractivity contribution in [1.29, 1.82) is 0 Å². The van der Waals surface area contributed by atoms with Crippen molar-refractivity contribution in [2.45, 2.75) is 32.1 Å². The van der Waals surface area contributed by atoms with Crippen LogP contribution in [0.25, 0.3) is 0 Å². The van der Waals surface area contributed by atoms with Gasteiger partial charge in [-0.05, 0) is 31.0 Å². The highest BCUT2D eigenvalue weighted by molar-refractivity contribution is 6.30. The van der Waals surface area contributed by atoms with Crippen LogP contribution in [-0.2, 0) is 23.9 Å². The number of halogens is 2. The molecule has 0 aromatic heterocycles. The van der Waals surface area contributed by atoms with Crippen LogP contribution in [0.5, 0.6) is 0 Å². The minimum atomic E-state index is -0.728. The number of carbonyl (C=O) groups is 4. The lowest BCUT2D eigenvalue weighted by Gasteiger charge is -2.19. The highest BCUT2D eigenvalue weighted by Gasteiger charge is 2.47. The number of hydrogen-bond donors (Lipinski definition) is 1. The van der Waals surface area contributed by atoms with Crippen molar-refractivity contribution in [3.05, 3.63) is 29.0 Å². The van der Waals surface area contributed by atoms with Gasteiger partial charge in [0, 0.05) is 11.6 Å². The molecular weight excluding hydrogens is 391 g/mol. The minimum Gasteiger partial charge on any atom is -0.456 e. The third-order valence-corrected chi connectivity index (χ3v) is 5.27. The van der Waals surface area contributed by atoms with Gasteiger partial charge in [0.2, 0.25) is 11.8 Å². The summed E-state index contributed by atoms with van der Waals surface area (Å²) in [7, 11) is 0. The number of nitrogens with zero attached hydrogens (tertiary/aromatic N) is 1. The van der Waals surface area contributed by atoms with Crippen LogP contribution in [0.1, 0.15) is 32.1 Å². The zero-order chi connectivity index (χ0) is 20.3. The van der Waals surface area contributed by atoms with E-state index in [9.17, 15) is 23.6 Å². The molecule has 1 N–H and O–H groups in total. The maximum atomic E-state index is 13.6. The second-order valence-electron chi connectivity index (χ2n) is 6.91. The Morgan fingerprint density at radius 2 is 1.82 bits per heavy atom. The van der Waals surface area contributed by atoms with Crippen LogP contribution < -0.4 is 5.32 Å². The summed E-state index contributed by atoms with van der Waals surface area (Å²) in [6.07, 6.45) is 3.07. The molecule has 3 rings (SSSR count). The SMILES string of the molecule is O=C(COC(=O)CCN1C(=O)[C@@H]2CCCC[C@H]2C1=O)Nc1cc(Cl)ccc1F. The fourth-order valence-corrected chi connectivity index (χ4v) is 3.82. The van der Waals surface area contributed by atoms with E-state index in [2.05, 4.69) is 5.32 Å². The van der Waals surface area contributed by atoms with Crippen LogP contribution in [0, 0.1) is 17.7 Å². The van der Waals surface area contributed by atoms with Gasteiger partial charge >= 0.3 is 5.97 Å². The molecule has 1 aliphatic heterocycles. The van der Waals surface area contributed by atoms with Gasteiger partial charge in [-0.15, -0.1) is 0 Å². The van der Waals surface area contributed by atoms with Crippen LogP contribution >= 0.6 is 11.6 Å². The summed E-state index contributed by atoms with van der Waals surface area (Å²) in [5, 5.41) is 2.50. The fourth-order valence-electron chi connectivity index (χ4n) is 3.65. The van der Waals surface area contributed by atoms with Crippen LogP contribution in [0.15, 0.2) is 18.2 Å². The van der Waals surface area contributed by atoms with Crippen molar-refractivity contribution in [2.24, 2.45) is 11.8 Å². The summed E-state index contributed by atoms with van der Waals surface area (Å²) < 4.78 is 18.4. The molecule has 28 heavy (non-hydrogen) atoms. The highest BCUT2D eigenvalue weighted by atomic mass is 35.5. The normalized spacial score (nSPS) is 21.4. The van der Waals surface area contributed by atoms with Crippen molar-refractivity contribution >= 4 is 41.0 Å². The maximum absolute atomic E-state index is 13.6. The van der Waals surface area contributed by atoms with Crippen molar-refractivity contribution in [3.8, 4) is 0 Å². The lowest BCUT2D eigenvalue weighted by atomic mass is 9.81. The van der Waals surface area contributed by atoms with E-state index in [0.29, 0.717) is 12.8 Å². The van der Waals surface area contributed by atoms with Gasteiger partial charge in [0.15, 0.2) is 6.61 Å². The Hall–Kier alpha value is -2.48. The molecule has 2 atom stereocenters. The van der Waals surface area contributed by atoms with Crippen molar-refractivity contribution in [1.82, 2.24) is 4.90 Å². The summed E-state index contributed by atoms with van der Waals surface area (Å²) in [5.74, 6) is -3.11. The lowest BCUT2D eigenvalue weighted by Crippen LogP contribution is -2.33. The van der Waals surface area contributed by atoms with Gasteiger partial charge in [-0.2, -0.15) is 0 Å². The number of benzene rings is 1. The van der Waals surface area contributed by atoms with Crippen LogP contribution in [0.3, 0.4) is 0 Å². The number of carbonyl (C=O) groups excluding carboxylic acids is 4. The first-order chi connectivity index (χ1) is 13.4. The molecule has 0 radical (unpaired) electrons. The summed E-state index contributed by atoms with van der Waals surface area (Å²) in [5.41, 5.74) is -0.121. The van der Waals surface area contributed by atoms with E-state index in [1.54, 1.807) is 0 Å². The fraction of sp³-hybridized carbons (Fsp3) is 0.474. The second kappa shape index (κ2) is 8.68. The van der Waals surface area contributed by atoms with E-state index in [1.165, 1.54) is 12.1 Å². The molecule has 2 fully saturated rings. The molecule has 0 unspecified atom stereocenters. The average molecular weight is 411 g/mol. The van der Waals surface area contributed by atoms with E-state index >= 15 is 0 Å². The number of amides is 3. The zero-order valence-corrected chi connectivity index (χ0v) is 15.8. The van der Waals surface area contributed by atoms with Gasteiger partial charge in [0.05, 0.1) is 23.9 Å². The van der Waals surface area contributed by atoms with E-state index in [4.69, 9.17) is 16.3 Å². The Labute approximate surface area is 166 Å². The molecule has 1 heterocycles. The predicted molar refractivity (Wildman–Crippen MR) is 97.8 cm³/mol. The molecule has 1 aromatic rings. The van der Waals surface area contributed by atoms with Gasteiger partial charge in [-0.3, -0.25) is 24.1 Å². The zero-order valence-electron chi connectivity index (χ0n) is 15.1. The number of rotatable bonds is 6. The molecular formula is C19H20ClFN2O5. The van der Waals surface area contributed by atoms with Crippen molar-refractivity contribution in [3.63, 3.8) is 0 Å². The van der Waals surface area contributed by atoms with Gasteiger partial charge in [-0.25, -0.2) is 4.39 Å². The topological polar surface area (TPSA) is 92.8 Å². The van der Waals surface area contributed by atoms with Gasteiger partial charge in [0.1, 0.15) is 5.82 Å². The molecule has 150 valence electrons. The molecule has 3 amide bonds. The summed E-state index contributed by atoms with van der Waals surface area (Å²) in [6, 6.07) is 3.68. The maximum Gasteiger partial charge on any atom is 0.308 e. The average Bonchev–Trinajstić information content (AvgIpc) is 2.92. The van der Waals surface area contributed by atoms with Gasteiger partial charge in [0.25, 0.3) is 5.91 Å². The van der Waals surface area contributed by atoms with Gasteiger partial charge in [-0.1, -0.05) is 24.4 Å². The Bertz CT molecular complexity index is 792. The second-order valence-corrected chi connectivity index (χ2v) is 7.35. The molecule has 1 saturated heterocycles. The van der Waals surface area contributed by atoms with E-state index in [-0.39, 0.29) is 47.3 Å². The first kappa shape index (κ1) is 20.3. The summed E-state index contributed by atoms with van der Waals surface area (Å²) >= 11 is 5.74. The van der Waals surface area contributed by atoms with E-state index in [0.717, 1.165) is 23.8 Å². The third kappa shape index (κ3) is 4.49. The standard InChI is InChI=1S/C19H20ClFN2O5/c20-11-5-6-14(21)15(9-11)22-16(24)10-28-17(25)7-8-23-18(26)12-3-1-2-4-13(12)19(23)27/h5-6,9,12-13H,1-4,7-8,10H2,(H,22,24)/t12-,13-/m1/s1. The number of anilines is 1. The highest BCUT2D eigenvalue weighted by Crippen LogP contribution is 2.37. The van der Waals surface area contributed by atoms with E-state index < -0.39 is 24.3 Å². The Morgan fingerprint density at radius 1 is 1.18 bits per heavy atom. The summed E-state index contributed by atoms with van der Waals surface area (Å²) in [6.45, 7) is -0.675. The molecule has 1 aromatic carbocycles. The molecule has 1 saturated carbocycles. The first-order valence-corrected chi connectivity index (χ1v) is 9.50. The van der Waals surface area contributed by atoms with Crippen molar-refractivity contribution in [2.75, 3.05) is 18.5 Å². The van der Waals surface area contributed by atoms with Crippen molar-refractivity contribution < 1.29 is 28.3 Å². The Morgan fingerprint density at radius 3 is 2.46 bits per heavy atom. The minimum absolute atomic E-state index is 0.0615. The number of likely N-dealkylation sites (tertiary alicyclic amines) is 1. The number of nitrogens with one attached hydrogen (secondary N) is 1. The molecule has 0 bridgehead atoms. The molecule has 9 heteroatoms. The number of hydrogen-bond acceptors (Lipinski definition) is 5. The Kier molecular flexibility index (Phi) is 6.28. The first-order valence-electron chi connectivity index (χ1n) is 9.12. The largest absolute Gasteiger partial charge is 0.456 e. The number of imide groups is 1. The molecule has 7 nitrogen and oxygen atoms in total. The smallest absolute Gasteiger partial charge is 0.308 e. The number of esters is 1. The Balaban J connectivity index is 1.44. The molecule has 1 aliphatic carbocycles. The summed E-state index contributed by atoms with van der Waals surface area (Å²) in [4.78, 5) is 49.5. The van der Waals surface area contributed by atoms with Gasteiger partial charge < -0.3 is 10.1 Å².